The minimum atomic E-state index is -3.04. The Kier molecular flexibility index (Phi) is 6.41. The van der Waals surface area contributed by atoms with E-state index in [1.807, 2.05) is 13.0 Å². The van der Waals surface area contributed by atoms with Gasteiger partial charge in [0.15, 0.2) is 0 Å². The van der Waals surface area contributed by atoms with Crippen LogP contribution in [0, 0.1) is 6.92 Å². The number of nitrogens with zero attached hydrogens (tertiary/aromatic N) is 1. The second kappa shape index (κ2) is 8.39. The summed E-state index contributed by atoms with van der Waals surface area (Å²) >= 11 is 0. The van der Waals surface area contributed by atoms with E-state index >= 15 is 0 Å². The van der Waals surface area contributed by atoms with Crippen LogP contribution in [0.2, 0.25) is 0 Å². The van der Waals surface area contributed by atoms with Crippen LogP contribution in [0.25, 0.3) is 0 Å². The molecule has 3 rings (SSSR count). The number of hydrogen-bond acceptors (Lipinski definition) is 2. The molecule has 0 saturated heterocycles. The Labute approximate surface area is 179 Å². The largest absolute Gasteiger partial charge is 0.345 e. The molecule has 1 aromatic carbocycles. The molecule has 7 heteroatoms. The fourth-order valence-electron chi connectivity index (χ4n) is 4.26. The molecule has 1 aliphatic rings. The first-order valence-electron chi connectivity index (χ1n) is 10.4. The summed E-state index contributed by atoms with van der Waals surface area (Å²) in [4.78, 5) is 13.1. The first-order chi connectivity index (χ1) is 13.9. The number of benzene rings is 1. The summed E-state index contributed by atoms with van der Waals surface area (Å²) < 4.78 is 29.5. The number of amides is 1. The van der Waals surface area contributed by atoms with Gasteiger partial charge in [0.1, 0.15) is 0 Å². The maximum Gasteiger partial charge on any atom is 0.283 e. The van der Waals surface area contributed by atoms with Crippen LogP contribution in [-0.4, -0.2) is 16.5 Å². The van der Waals surface area contributed by atoms with Crippen molar-refractivity contribution in [2.75, 3.05) is 5.32 Å². The van der Waals surface area contributed by atoms with Crippen LogP contribution in [0.15, 0.2) is 30.3 Å². The maximum absolute atomic E-state index is 13.6. The van der Waals surface area contributed by atoms with E-state index in [1.54, 1.807) is 6.07 Å². The van der Waals surface area contributed by atoms with Crippen LogP contribution in [0.5, 0.6) is 0 Å². The highest BCUT2D eigenvalue weighted by atomic mass is 31.0. The lowest BCUT2D eigenvalue weighted by Gasteiger charge is -2.33. The predicted octanol–water partition coefficient (Wildman–Crippen LogP) is 5.71. The molecule has 0 bridgehead atoms. The first-order valence-corrected chi connectivity index (χ1v) is 11.0. The van der Waals surface area contributed by atoms with Crippen LogP contribution in [0.4, 0.5) is 14.5 Å². The van der Waals surface area contributed by atoms with Crippen LogP contribution < -0.4 is 11.1 Å². The number of halogens is 2. The van der Waals surface area contributed by atoms with Gasteiger partial charge in [-0.2, -0.15) is 8.78 Å². The highest BCUT2D eigenvalue weighted by Gasteiger charge is 2.30. The van der Waals surface area contributed by atoms with Gasteiger partial charge in [0, 0.05) is 40.1 Å². The molecule has 4 nitrogen and oxygen atoms in total. The highest BCUT2D eigenvalue weighted by Crippen LogP contribution is 2.38. The number of alkyl halides is 2. The molecule has 1 heterocycles. The summed E-state index contributed by atoms with van der Waals surface area (Å²) in [6.45, 7) is 8.38. The van der Waals surface area contributed by atoms with E-state index in [2.05, 4.69) is 30.7 Å². The maximum atomic E-state index is 13.6. The van der Waals surface area contributed by atoms with E-state index < -0.39 is 5.66 Å². The Morgan fingerprint density at radius 1 is 1.17 bits per heavy atom. The van der Waals surface area contributed by atoms with Gasteiger partial charge in [0.25, 0.3) is 11.6 Å². The van der Waals surface area contributed by atoms with Crippen LogP contribution >= 0.6 is 9.24 Å². The van der Waals surface area contributed by atoms with Crippen molar-refractivity contribution in [2.45, 2.75) is 76.5 Å². The molecule has 1 atom stereocenters. The second-order valence-electron chi connectivity index (χ2n) is 9.38. The third-order valence-corrected chi connectivity index (χ3v) is 6.25. The molecule has 1 fully saturated rings. The molecular weight excluding hydrogens is 403 g/mol. The fraction of sp³-hybridized carbons (Fsp3) is 0.522. The topological polar surface area (TPSA) is 60.0 Å². The Bertz CT molecular complexity index is 920. The lowest BCUT2D eigenvalue weighted by molar-refractivity contribution is 0.101. The van der Waals surface area contributed by atoms with Gasteiger partial charge in [-0.3, -0.25) is 4.79 Å². The summed E-state index contributed by atoms with van der Waals surface area (Å²) in [6, 6.07) is 8.32. The minimum absolute atomic E-state index is 0.135. The molecular formula is C23H32F2N3OP. The number of aromatic nitrogens is 1. The zero-order chi connectivity index (χ0) is 22.3. The van der Waals surface area contributed by atoms with Crippen molar-refractivity contribution in [2.24, 2.45) is 5.73 Å². The average molecular weight is 435 g/mol. The SMILES string of the molecule is Cc1c(C(=O)Nc2cccc(C(F)(F)P)c2)cc(C(C)(C)C)n1C1CCC(N)CC1. The van der Waals surface area contributed by atoms with Gasteiger partial charge in [-0.1, -0.05) is 42.1 Å². The molecule has 1 unspecified atom stereocenters. The van der Waals surface area contributed by atoms with Gasteiger partial charge < -0.3 is 15.6 Å². The molecule has 2 aromatic rings. The number of hydrogen-bond donors (Lipinski definition) is 2. The summed E-state index contributed by atoms with van der Waals surface area (Å²) in [6.07, 6.45) is 3.94. The van der Waals surface area contributed by atoms with Crippen molar-refractivity contribution < 1.29 is 13.6 Å². The third kappa shape index (κ3) is 4.92. The number of nitrogens with one attached hydrogen (secondary N) is 1. The molecule has 1 amide bonds. The highest BCUT2D eigenvalue weighted by molar-refractivity contribution is 7.17. The fourth-order valence-corrected chi connectivity index (χ4v) is 4.44. The molecule has 30 heavy (non-hydrogen) atoms. The van der Waals surface area contributed by atoms with E-state index in [0.717, 1.165) is 37.1 Å². The Morgan fingerprint density at radius 2 is 1.80 bits per heavy atom. The van der Waals surface area contributed by atoms with E-state index in [9.17, 15) is 13.6 Å². The monoisotopic (exact) mass is 435 g/mol. The smallest absolute Gasteiger partial charge is 0.283 e. The molecule has 0 radical (unpaired) electrons. The number of nitrogens with two attached hydrogens (primary N) is 1. The first kappa shape index (κ1) is 22.9. The van der Waals surface area contributed by atoms with E-state index in [4.69, 9.17) is 5.73 Å². The summed E-state index contributed by atoms with van der Waals surface area (Å²) in [5, 5.41) is 2.80. The van der Waals surface area contributed by atoms with E-state index in [-0.39, 0.29) is 22.9 Å². The van der Waals surface area contributed by atoms with Gasteiger partial charge in [0.2, 0.25) is 0 Å². The Balaban J connectivity index is 1.93. The van der Waals surface area contributed by atoms with Gasteiger partial charge in [-0.05, 0) is 50.8 Å². The lowest BCUT2D eigenvalue weighted by atomic mass is 9.88. The van der Waals surface area contributed by atoms with E-state index in [1.165, 1.54) is 27.4 Å². The number of carbonyl (C=O) groups is 1. The number of rotatable bonds is 4. The quantitative estimate of drug-likeness (QED) is 0.604. The molecule has 0 aliphatic heterocycles. The van der Waals surface area contributed by atoms with Crippen molar-refractivity contribution in [3.63, 3.8) is 0 Å². The lowest BCUT2D eigenvalue weighted by Crippen LogP contribution is -2.30. The third-order valence-electron chi connectivity index (χ3n) is 5.92. The summed E-state index contributed by atoms with van der Waals surface area (Å²) in [5.41, 5.74) is 5.71. The Hall–Kier alpha value is -1.78. The summed E-state index contributed by atoms with van der Waals surface area (Å²) in [7, 11) is 1.53. The molecule has 0 spiro atoms. The standard InChI is InChI=1S/C23H32F2N3OP/c1-14-19(21(29)27-17-7-5-6-15(12-17)23(24,25)30)13-20(22(2,3)4)28(14)18-10-8-16(26)9-11-18/h5-7,12-13,16,18H,8-11,26,30H2,1-4H3,(H,27,29). The van der Waals surface area contributed by atoms with Crippen molar-refractivity contribution in [3.8, 4) is 0 Å². The van der Waals surface area contributed by atoms with Crippen LogP contribution in [0.3, 0.4) is 0 Å². The van der Waals surface area contributed by atoms with Crippen LogP contribution in [-0.2, 0) is 11.1 Å². The predicted molar refractivity (Wildman–Crippen MR) is 121 cm³/mol. The number of carbonyl (C=O) groups excluding carboxylic acids is 1. The number of anilines is 1. The van der Waals surface area contributed by atoms with E-state index in [0.29, 0.717) is 17.3 Å². The van der Waals surface area contributed by atoms with Crippen molar-refractivity contribution in [1.82, 2.24) is 4.57 Å². The van der Waals surface area contributed by atoms with Gasteiger partial charge in [0.05, 0.1) is 5.56 Å². The normalized spacial score (nSPS) is 20.3. The average Bonchev–Trinajstić information content (AvgIpc) is 3.00. The van der Waals surface area contributed by atoms with Gasteiger partial charge >= 0.3 is 0 Å². The van der Waals surface area contributed by atoms with Gasteiger partial charge in [-0.25, -0.2) is 0 Å². The zero-order valence-electron chi connectivity index (χ0n) is 18.1. The van der Waals surface area contributed by atoms with Gasteiger partial charge in [-0.15, -0.1) is 0 Å². The minimum Gasteiger partial charge on any atom is -0.345 e. The van der Waals surface area contributed by atoms with Crippen molar-refractivity contribution in [3.05, 3.63) is 52.8 Å². The Morgan fingerprint density at radius 3 is 2.37 bits per heavy atom. The molecule has 164 valence electrons. The molecule has 1 aromatic heterocycles. The zero-order valence-corrected chi connectivity index (χ0v) is 19.3. The molecule has 1 aliphatic carbocycles. The summed E-state index contributed by atoms with van der Waals surface area (Å²) in [5.74, 6) is -0.284. The molecule has 3 N–H and O–H groups in total. The van der Waals surface area contributed by atoms with Crippen LogP contribution in [0.1, 0.15) is 79.8 Å². The van der Waals surface area contributed by atoms with Crippen molar-refractivity contribution >= 4 is 20.8 Å². The van der Waals surface area contributed by atoms with Crippen molar-refractivity contribution in [1.29, 1.82) is 0 Å². The second-order valence-corrected chi connectivity index (χ2v) is 10.1. The molecule has 1 saturated carbocycles.